The molecule has 0 radical (unpaired) electrons. The van der Waals surface area contributed by atoms with Crippen molar-refractivity contribution in [2.45, 2.75) is 26.3 Å². The number of nitro groups is 1. The summed E-state index contributed by atoms with van der Waals surface area (Å²) >= 11 is 1.54. The Kier molecular flexibility index (Phi) is 6.99. The molecular formula is C22H25N5O5S. The number of amides is 1. The van der Waals surface area contributed by atoms with Crippen LogP contribution in [0.4, 0.5) is 5.69 Å². The van der Waals surface area contributed by atoms with E-state index in [-0.39, 0.29) is 30.4 Å². The highest BCUT2D eigenvalue weighted by Gasteiger charge is 2.24. The fraction of sp³-hybridized carbons (Fsp3) is 0.409. The number of esters is 1. The van der Waals surface area contributed by atoms with Crippen LogP contribution in [0.25, 0.3) is 16.2 Å². The number of hydrogen-bond acceptors (Lipinski definition) is 8. The second kappa shape index (κ2) is 10.1. The van der Waals surface area contributed by atoms with Crippen LogP contribution in [0.1, 0.15) is 25.5 Å². The van der Waals surface area contributed by atoms with Crippen molar-refractivity contribution >= 4 is 33.9 Å². The number of hydrogen-bond donors (Lipinski definition) is 0. The SMILES string of the molecule is CCOC(=O)CCC(=O)N1CCN(Cc2c(-c3ccc([N+](=O)[O-])cc3)nc3sccn23)CC1. The first-order chi connectivity index (χ1) is 16.0. The molecule has 0 atom stereocenters. The molecule has 1 aromatic carbocycles. The summed E-state index contributed by atoms with van der Waals surface area (Å²) in [7, 11) is 0. The quantitative estimate of drug-likeness (QED) is 0.282. The van der Waals surface area contributed by atoms with Crippen LogP contribution in [0.2, 0.25) is 0 Å². The molecular weight excluding hydrogens is 446 g/mol. The Morgan fingerprint density at radius 3 is 2.55 bits per heavy atom. The summed E-state index contributed by atoms with van der Waals surface area (Å²) in [5, 5.41) is 13.0. The Bertz CT molecular complexity index is 1150. The van der Waals surface area contributed by atoms with Crippen LogP contribution in [0.3, 0.4) is 0 Å². The van der Waals surface area contributed by atoms with E-state index in [1.165, 1.54) is 23.5 Å². The monoisotopic (exact) mass is 471 g/mol. The lowest BCUT2D eigenvalue weighted by molar-refractivity contribution is -0.384. The largest absolute Gasteiger partial charge is 0.466 e. The number of nitrogens with zero attached hydrogens (tertiary/aromatic N) is 5. The first-order valence-corrected chi connectivity index (χ1v) is 11.7. The molecule has 0 spiro atoms. The third-order valence-corrected chi connectivity index (χ3v) is 6.42. The number of non-ortho nitro benzene ring substituents is 1. The molecule has 0 aliphatic carbocycles. The lowest BCUT2D eigenvalue weighted by atomic mass is 10.1. The lowest BCUT2D eigenvalue weighted by Crippen LogP contribution is -2.48. The maximum atomic E-state index is 12.4. The molecule has 0 saturated carbocycles. The van der Waals surface area contributed by atoms with Gasteiger partial charge in [0.1, 0.15) is 0 Å². The second-order valence-corrected chi connectivity index (χ2v) is 8.60. The number of benzene rings is 1. The lowest BCUT2D eigenvalue weighted by Gasteiger charge is -2.34. The maximum Gasteiger partial charge on any atom is 0.306 e. The molecule has 33 heavy (non-hydrogen) atoms. The zero-order valence-electron chi connectivity index (χ0n) is 18.3. The van der Waals surface area contributed by atoms with E-state index < -0.39 is 4.92 Å². The van der Waals surface area contributed by atoms with Crippen molar-refractivity contribution in [3.05, 3.63) is 51.7 Å². The highest BCUT2D eigenvalue weighted by molar-refractivity contribution is 7.15. The van der Waals surface area contributed by atoms with Gasteiger partial charge in [0.2, 0.25) is 5.91 Å². The van der Waals surface area contributed by atoms with Crippen molar-refractivity contribution in [3.8, 4) is 11.3 Å². The van der Waals surface area contributed by atoms with Crippen molar-refractivity contribution in [1.82, 2.24) is 19.2 Å². The van der Waals surface area contributed by atoms with Gasteiger partial charge >= 0.3 is 5.97 Å². The number of rotatable bonds is 8. The standard InChI is InChI=1S/C22H25N5O5S/c1-2-32-20(29)8-7-19(28)25-11-9-24(10-12-25)15-18-21(23-22-26(18)13-14-33-22)16-3-5-17(6-4-16)27(30)31/h3-6,13-14H,2,7-12,15H2,1H3. The minimum absolute atomic E-state index is 0.0288. The second-order valence-electron chi connectivity index (χ2n) is 7.73. The number of carbonyl (C=O) groups excluding carboxylic acids is 2. The summed E-state index contributed by atoms with van der Waals surface area (Å²) < 4.78 is 6.94. The molecule has 174 valence electrons. The van der Waals surface area contributed by atoms with Crippen LogP contribution >= 0.6 is 11.3 Å². The summed E-state index contributed by atoms with van der Waals surface area (Å²) in [4.78, 5) is 44.2. The van der Waals surface area contributed by atoms with Gasteiger partial charge in [0, 0.05) is 68.4 Å². The third kappa shape index (κ3) is 5.20. The summed E-state index contributed by atoms with van der Waals surface area (Å²) in [5.74, 6) is -0.373. The van der Waals surface area contributed by atoms with E-state index in [1.54, 1.807) is 24.0 Å². The van der Waals surface area contributed by atoms with Crippen LogP contribution in [-0.2, 0) is 20.9 Å². The Morgan fingerprint density at radius 1 is 1.15 bits per heavy atom. The van der Waals surface area contributed by atoms with E-state index in [0.717, 1.165) is 21.9 Å². The Hall–Kier alpha value is -3.31. The van der Waals surface area contributed by atoms with Crippen LogP contribution in [0, 0.1) is 10.1 Å². The number of thiazole rings is 1. The molecule has 3 heterocycles. The van der Waals surface area contributed by atoms with Gasteiger partial charge in [-0.1, -0.05) is 0 Å². The van der Waals surface area contributed by atoms with Crippen molar-refractivity contribution in [3.63, 3.8) is 0 Å². The predicted molar refractivity (Wildman–Crippen MR) is 123 cm³/mol. The Labute approximate surface area is 194 Å². The fourth-order valence-electron chi connectivity index (χ4n) is 3.92. The van der Waals surface area contributed by atoms with Gasteiger partial charge in [0.05, 0.1) is 29.3 Å². The molecule has 10 nitrogen and oxygen atoms in total. The molecule has 0 unspecified atom stereocenters. The molecule has 1 amide bonds. The molecule has 3 aromatic rings. The van der Waals surface area contributed by atoms with Gasteiger partial charge in [0.25, 0.3) is 5.69 Å². The molecule has 11 heteroatoms. The van der Waals surface area contributed by atoms with Crippen molar-refractivity contribution in [1.29, 1.82) is 0 Å². The highest BCUT2D eigenvalue weighted by Crippen LogP contribution is 2.29. The normalized spacial score (nSPS) is 14.5. The van der Waals surface area contributed by atoms with E-state index in [1.807, 2.05) is 11.6 Å². The number of carbonyl (C=O) groups is 2. The van der Waals surface area contributed by atoms with Crippen LogP contribution < -0.4 is 0 Å². The van der Waals surface area contributed by atoms with Gasteiger partial charge < -0.3 is 9.64 Å². The molecule has 2 aromatic heterocycles. The number of nitro benzene ring substituents is 1. The van der Waals surface area contributed by atoms with E-state index >= 15 is 0 Å². The average Bonchev–Trinajstić information content (AvgIpc) is 3.41. The molecule has 4 rings (SSSR count). The van der Waals surface area contributed by atoms with Gasteiger partial charge in [-0.25, -0.2) is 4.98 Å². The van der Waals surface area contributed by atoms with Gasteiger partial charge in [-0.05, 0) is 19.1 Å². The number of imidazole rings is 1. The number of aromatic nitrogens is 2. The van der Waals surface area contributed by atoms with E-state index in [4.69, 9.17) is 9.72 Å². The minimum Gasteiger partial charge on any atom is -0.466 e. The van der Waals surface area contributed by atoms with Gasteiger partial charge in [0.15, 0.2) is 4.96 Å². The molecule has 1 aliphatic rings. The minimum atomic E-state index is -0.413. The van der Waals surface area contributed by atoms with Gasteiger partial charge in [-0.2, -0.15) is 0 Å². The summed E-state index contributed by atoms with van der Waals surface area (Å²) in [6, 6.07) is 6.45. The van der Waals surface area contributed by atoms with Gasteiger partial charge in [-0.3, -0.25) is 29.0 Å². The first kappa shape index (κ1) is 22.9. The number of piperazine rings is 1. The van der Waals surface area contributed by atoms with Crippen LogP contribution in [0.5, 0.6) is 0 Å². The summed E-state index contributed by atoms with van der Waals surface area (Å²) in [5.41, 5.74) is 2.70. The smallest absolute Gasteiger partial charge is 0.306 e. The fourth-order valence-corrected chi connectivity index (χ4v) is 4.66. The van der Waals surface area contributed by atoms with Crippen LogP contribution in [-0.4, -0.2) is 68.8 Å². The molecule has 1 aliphatic heterocycles. The summed E-state index contributed by atoms with van der Waals surface area (Å²) in [6.07, 6.45) is 2.26. The van der Waals surface area contributed by atoms with E-state index in [9.17, 15) is 19.7 Å². The molecule has 0 N–H and O–H groups in total. The maximum absolute atomic E-state index is 12.4. The topological polar surface area (TPSA) is 110 Å². The Morgan fingerprint density at radius 2 is 1.88 bits per heavy atom. The third-order valence-electron chi connectivity index (χ3n) is 5.66. The molecule has 0 bridgehead atoms. The van der Waals surface area contributed by atoms with E-state index in [2.05, 4.69) is 9.30 Å². The summed E-state index contributed by atoms with van der Waals surface area (Å²) in [6.45, 7) is 5.33. The number of ether oxygens (including phenoxy) is 1. The average molecular weight is 472 g/mol. The number of fused-ring (bicyclic) bond motifs is 1. The molecule has 1 fully saturated rings. The zero-order valence-corrected chi connectivity index (χ0v) is 19.1. The van der Waals surface area contributed by atoms with Crippen molar-refractivity contribution in [2.24, 2.45) is 0 Å². The first-order valence-electron chi connectivity index (χ1n) is 10.8. The van der Waals surface area contributed by atoms with Crippen LogP contribution in [0.15, 0.2) is 35.8 Å². The highest BCUT2D eigenvalue weighted by atomic mass is 32.1. The van der Waals surface area contributed by atoms with Crippen molar-refractivity contribution in [2.75, 3.05) is 32.8 Å². The van der Waals surface area contributed by atoms with Crippen molar-refractivity contribution < 1.29 is 19.2 Å². The predicted octanol–water partition coefficient (Wildman–Crippen LogP) is 2.96. The van der Waals surface area contributed by atoms with Gasteiger partial charge in [-0.15, -0.1) is 11.3 Å². The Balaban J connectivity index is 1.42. The zero-order chi connectivity index (χ0) is 23.4. The molecule has 1 saturated heterocycles. The van der Waals surface area contributed by atoms with E-state index in [0.29, 0.717) is 39.3 Å².